The first-order valence-corrected chi connectivity index (χ1v) is 7.72. The maximum Gasteiger partial charge on any atom is 0.240 e. The summed E-state index contributed by atoms with van der Waals surface area (Å²) in [5.74, 6) is 0.300. The summed E-state index contributed by atoms with van der Waals surface area (Å²) in [5, 5.41) is 3.39. The highest BCUT2D eigenvalue weighted by Gasteiger charge is 2.39. The highest BCUT2D eigenvalue weighted by atomic mass is 16.2. The van der Waals surface area contributed by atoms with E-state index in [0.29, 0.717) is 5.91 Å². The molecule has 1 atom stereocenters. The maximum atomic E-state index is 12.6. The smallest absolute Gasteiger partial charge is 0.240 e. The van der Waals surface area contributed by atoms with Gasteiger partial charge in [-0.3, -0.25) is 4.79 Å². The van der Waals surface area contributed by atoms with Gasteiger partial charge in [0.2, 0.25) is 5.91 Å². The molecule has 0 spiro atoms. The number of rotatable bonds is 5. The molecule has 0 bridgehead atoms. The Morgan fingerprint density at radius 2 is 1.89 bits per heavy atom. The van der Waals surface area contributed by atoms with Crippen molar-refractivity contribution in [3.63, 3.8) is 0 Å². The Morgan fingerprint density at radius 3 is 2.42 bits per heavy atom. The molecular formula is C16H32N2O. The van der Waals surface area contributed by atoms with Crippen LogP contribution in [0.4, 0.5) is 0 Å². The van der Waals surface area contributed by atoms with Gasteiger partial charge in [-0.25, -0.2) is 0 Å². The van der Waals surface area contributed by atoms with Gasteiger partial charge in [0.1, 0.15) is 0 Å². The highest BCUT2D eigenvalue weighted by Crippen LogP contribution is 2.33. The molecule has 0 aromatic carbocycles. The highest BCUT2D eigenvalue weighted by molar-refractivity contribution is 5.83. The minimum absolute atomic E-state index is 0.0351. The van der Waals surface area contributed by atoms with Crippen LogP contribution in [0.2, 0.25) is 0 Å². The standard InChI is InChI=1S/C16H32N2O/c1-7-10-17-13-9-8-11-18(14(13)19)16(5,6)12-15(2,3)4/h13,17H,7-12H2,1-6H3. The summed E-state index contributed by atoms with van der Waals surface area (Å²) in [5.41, 5.74) is 0.190. The Labute approximate surface area is 119 Å². The van der Waals surface area contributed by atoms with Gasteiger partial charge in [-0.2, -0.15) is 0 Å². The molecule has 1 amide bonds. The summed E-state index contributed by atoms with van der Waals surface area (Å²) >= 11 is 0. The van der Waals surface area contributed by atoms with Crippen molar-refractivity contribution >= 4 is 5.91 Å². The Kier molecular flexibility index (Phi) is 5.43. The molecule has 3 nitrogen and oxygen atoms in total. The predicted octanol–water partition coefficient (Wildman–Crippen LogP) is 3.19. The lowest BCUT2D eigenvalue weighted by atomic mass is 9.80. The zero-order valence-corrected chi connectivity index (χ0v) is 13.7. The molecule has 1 aliphatic rings. The van der Waals surface area contributed by atoms with Crippen molar-refractivity contribution in [3.05, 3.63) is 0 Å². The lowest BCUT2D eigenvalue weighted by Gasteiger charge is -2.46. The molecule has 1 fully saturated rings. The number of carbonyl (C=O) groups is 1. The number of nitrogens with zero attached hydrogens (tertiary/aromatic N) is 1. The number of nitrogens with one attached hydrogen (secondary N) is 1. The number of likely N-dealkylation sites (tertiary alicyclic amines) is 1. The average molecular weight is 268 g/mol. The van der Waals surface area contributed by atoms with Gasteiger partial charge in [0.15, 0.2) is 0 Å². The van der Waals surface area contributed by atoms with Crippen molar-refractivity contribution in [2.24, 2.45) is 5.41 Å². The van der Waals surface area contributed by atoms with Crippen molar-refractivity contribution in [3.8, 4) is 0 Å². The minimum atomic E-state index is -0.0537. The zero-order valence-electron chi connectivity index (χ0n) is 13.7. The van der Waals surface area contributed by atoms with E-state index in [1.807, 2.05) is 0 Å². The van der Waals surface area contributed by atoms with Crippen LogP contribution in [-0.4, -0.2) is 35.5 Å². The minimum Gasteiger partial charge on any atom is -0.336 e. The molecule has 1 rings (SSSR count). The van der Waals surface area contributed by atoms with Crippen molar-refractivity contribution in [2.45, 2.75) is 78.8 Å². The van der Waals surface area contributed by atoms with Crippen LogP contribution < -0.4 is 5.32 Å². The van der Waals surface area contributed by atoms with E-state index >= 15 is 0 Å². The van der Waals surface area contributed by atoms with Crippen molar-refractivity contribution in [1.82, 2.24) is 10.2 Å². The second-order valence-electron chi connectivity index (χ2n) is 7.69. The molecule has 0 saturated carbocycles. The van der Waals surface area contributed by atoms with Crippen molar-refractivity contribution in [2.75, 3.05) is 13.1 Å². The van der Waals surface area contributed by atoms with E-state index in [4.69, 9.17) is 0 Å². The topological polar surface area (TPSA) is 32.3 Å². The quantitative estimate of drug-likeness (QED) is 0.830. The summed E-state index contributed by atoms with van der Waals surface area (Å²) in [7, 11) is 0. The van der Waals surface area contributed by atoms with Crippen LogP contribution >= 0.6 is 0 Å². The van der Waals surface area contributed by atoms with Gasteiger partial charge in [0, 0.05) is 12.1 Å². The second kappa shape index (κ2) is 6.25. The van der Waals surface area contributed by atoms with Gasteiger partial charge < -0.3 is 10.2 Å². The van der Waals surface area contributed by atoms with E-state index in [0.717, 1.165) is 38.8 Å². The van der Waals surface area contributed by atoms with Gasteiger partial charge in [-0.15, -0.1) is 0 Å². The number of hydrogen-bond donors (Lipinski definition) is 1. The number of hydrogen-bond acceptors (Lipinski definition) is 2. The van der Waals surface area contributed by atoms with E-state index in [2.05, 4.69) is 51.8 Å². The second-order valence-corrected chi connectivity index (χ2v) is 7.69. The maximum absolute atomic E-state index is 12.6. The molecule has 1 saturated heterocycles. The summed E-state index contributed by atoms with van der Waals surface area (Å²) in [6.07, 6.45) is 4.21. The van der Waals surface area contributed by atoms with Crippen LogP contribution in [-0.2, 0) is 4.79 Å². The number of carbonyl (C=O) groups excluding carboxylic acids is 1. The fraction of sp³-hybridized carbons (Fsp3) is 0.938. The molecule has 0 aromatic rings. The summed E-state index contributed by atoms with van der Waals surface area (Å²) in [6.45, 7) is 15.1. The molecule has 1 aliphatic heterocycles. The van der Waals surface area contributed by atoms with Gasteiger partial charge >= 0.3 is 0 Å². The van der Waals surface area contributed by atoms with Crippen LogP contribution in [0.1, 0.15) is 67.2 Å². The van der Waals surface area contributed by atoms with Gasteiger partial charge in [0.25, 0.3) is 0 Å². The molecular weight excluding hydrogens is 236 g/mol. The Bertz CT molecular complexity index is 304. The van der Waals surface area contributed by atoms with Crippen LogP contribution in [0.3, 0.4) is 0 Å². The van der Waals surface area contributed by atoms with E-state index in [9.17, 15) is 4.79 Å². The lowest BCUT2D eigenvalue weighted by molar-refractivity contribution is -0.143. The monoisotopic (exact) mass is 268 g/mol. The molecule has 1 N–H and O–H groups in total. The predicted molar refractivity (Wildman–Crippen MR) is 81.2 cm³/mol. The normalized spacial score (nSPS) is 21.9. The van der Waals surface area contributed by atoms with Gasteiger partial charge in [0.05, 0.1) is 6.04 Å². The largest absolute Gasteiger partial charge is 0.336 e. The first kappa shape index (κ1) is 16.5. The number of amides is 1. The lowest BCUT2D eigenvalue weighted by Crippen LogP contribution is -2.58. The fourth-order valence-electron chi connectivity index (χ4n) is 3.38. The average Bonchev–Trinajstić information content (AvgIpc) is 2.24. The number of piperidine rings is 1. The first-order valence-electron chi connectivity index (χ1n) is 7.72. The van der Waals surface area contributed by atoms with Crippen LogP contribution in [0.5, 0.6) is 0 Å². The molecule has 0 radical (unpaired) electrons. The Hall–Kier alpha value is -0.570. The summed E-state index contributed by atoms with van der Waals surface area (Å²) in [6, 6.07) is 0.0351. The van der Waals surface area contributed by atoms with Crippen LogP contribution in [0.25, 0.3) is 0 Å². The van der Waals surface area contributed by atoms with Gasteiger partial charge in [-0.1, -0.05) is 27.7 Å². The Balaban J connectivity index is 2.73. The first-order chi connectivity index (χ1) is 8.67. The van der Waals surface area contributed by atoms with Crippen LogP contribution in [0.15, 0.2) is 0 Å². The van der Waals surface area contributed by atoms with E-state index in [-0.39, 0.29) is 17.0 Å². The molecule has 112 valence electrons. The Morgan fingerprint density at radius 1 is 1.26 bits per heavy atom. The summed E-state index contributed by atoms with van der Waals surface area (Å²) in [4.78, 5) is 14.7. The summed E-state index contributed by atoms with van der Waals surface area (Å²) < 4.78 is 0. The van der Waals surface area contributed by atoms with E-state index in [1.54, 1.807) is 0 Å². The van der Waals surface area contributed by atoms with Crippen molar-refractivity contribution < 1.29 is 4.79 Å². The van der Waals surface area contributed by atoms with Crippen molar-refractivity contribution in [1.29, 1.82) is 0 Å². The third-order valence-electron chi connectivity index (χ3n) is 3.77. The fourth-order valence-corrected chi connectivity index (χ4v) is 3.38. The zero-order chi connectivity index (χ0) is 14.7. The molecule has 0 aliphatic carbocycles. The molecule has 19 heavy (non-hydrogen) atoms. The molecule has 0 aromatic heterocycles. The third-order valence-corrected chi connectivity index (χ3v) is 3.77. The molecule has 1 heterocycles. The van der Waals surface area contributed by atoms with E-state index in [1.165, 1.54) is 0 Å². The van der Waals surface area contributed by atoms with Gasteiger partial charge in [-0.05, 0) is 51.5 Å². The third kappa shape index (κ3) is 4.79. The molecule has 3 heteroatoms. The van der Waals surface area contributed by atoms with E-state index < -0.39 is 0 Å². The van der Waals surface area contributed by atoms with Crippen LogP contribution in [0, 0.1) is 5.41 Å². The molecule has 1 unspecified atom stereocenters. The SMILES string of the molecule is CCCNC1CCCN(C(C)(C)CC(C)(C)C)C1=O.